The molecule has 122 valence electrons. The first-order valence-corrected chi connectivity index (χ1v) is 8.17. The summed E-state index contributed by atoms with van der Waals surface area (Å²) in [6.45, 7) is 4.53. The zero-order valence-corrected chi connectivity index (χ0v) is 13.6. The standard InChI is InChI=1S/C18H22N2O3/c1-3-14-8-7-13(2)20(14)18(22)16-10-9-15(23-16)12-19-11-5-4-6-17(19)21/h4-6,9-11,13-14H,3,7-8,12H2,1-2H3/t13-,14-/m1/s1. The van der Waals surface area contributed by atoms with E-state index in [4.69, 9.17) is 4.42 Å². The fourth-order valence-corrected chi connectivity index (χ4v) is 3.30. The van der Waals surface area contributed by atoms with E-state index < -0.39 is 0 Å². The number of hydrogen-bond acceptors (Lipinski definition) is 3. The maximum absolute atomic E-state index is 12.7. The number of amides is 1. The van der Waals surface area contributed by atoms with Crippen molar-refractivity contribution in [2.75, 3.05) is 0 Å². The average molecular weight is 314 g/mol. The monoisotopic (exact) mass is 314 g/mol. The second-order valence-corrected chi connectivity index (χ2v) is 6.13. The lowest BCUT2D eigenvalue weighted by molar-refractivity contribution is 0.0641. The van der Waals surface area contributed by atoms with Crippen LogP contribution in [0.4, 0.5) is 0 Å². The summed E-state index contributed by atoms with van der Waals surface area (Å²) in [7, 11) is 0. The molecule has 2 aromatic rings. The van der Waals surface area contributed by atoms with Crippen LogP contribution in [0.5, 0.6) is 0 Å². The third-order valence-electron chi connectivity index (χ3n) is 4.59. The minimum Gasteiger partial charge on any atom is -0.454 e. The Morgan fingerprint density at radius 3 is 2.83 bits per heavy atom. The SMILES string of the molecule is CC[C@@H]1CC[C@@H](C)N1C(=O)c1ccc(Cn2ccccc2=O)o1. The highest BCUT2D eigenvalue weighted by Crippen LogP contribution is 2.28. The Morgan fingerprint density at radius 1 is 1.26 bits per heavy atom. The molecule has 1 amide bonds. The fourth-order valence-electron chi connectivity index (χ4n) is 3.30. The van der Waals surface area contributed by atoms with E-state index in [1.165, 1.54) is 6.07 Å². The first kappa shape index (κ1) is 15.6. The van der Waals surface area contributed by atoms with Gasteiger partial charge in [0.1, 0.15) is 5.76 Å². The molecule has 0 radical (unpaired) electrons. The lowest BCUT2D eigenvalue weighted by atomic mass is 10.1. The van der Waals surface area contributed by atoms with E-state index in [0.29, 0.717) is 24.1 Å². The summed E-state index contributed by atoms with van der Waals surface area (Å²) in [4.78, 5) is 26.4. The summed E-state index contributed by atoms with van der Waals surface area (Å²) in [5.41, 5.74) is -0.0870. The molecule has 0 bridgehead atoms. The Labute approximate surface area is 135 Å². The molecule has 0 aliphatic carbocycles. The topological polar surface area (TPSA) is 55.5 Å². The predicted molar refractivity (Wildman–Crippen MR) is 87.5 cm³/mol. The first-order valence-electron chi connectivity index (χ1n) is 8.17. The Bertz CT molecular complexity index is 746. The fraction of sp³-hybridized carbons (Fsp3) is 0.444. The summed E-state index contributed by atoms with van der Waals surface area (Å²) in [5.74, 6) is 0.922. The number of aromatic nitrogens is 1. The molecule has 0 aromatic carbocycles. The quantitative estimate of drug-likeness (QED) is 0.872. The molecule has 2 aromatic heterocycles. The average Bonchev–Trinajstić information content (AvgIpc) is 3.15. The minimum absolute atomic E-state index is 0.0477. The lowest BCUT2D eigenvalue weighted by Crippen LogP contribution is -2.39. The molecular weight excluding hydrogens is 292 g/mol. The molecular formula is C18H22N2O3. The summed E-state index contributed by atoms with van der Waals surface area (Å²) < 4.78 is 7.26. The maximum Gasteiger partial charge on any atom is 0.290 e. The molecule has 0 saturated carbocycles. The molecule has 3 rings (SSSR count). The number of rotatable bonds is 4. The second kappa shape index (κ2) is 6.44. The Hall–Kier alpha value is -2.30. The number of carbonyl (C=O) groups is 1. The van der Waals surface area contributed by atoms with Crippen molar-refractivity contribution in [3.63, 3.8) is 0 Å². The van der Waals surface area contributed by atoms with Gasteiger partial charge in [0.05, 0.1) is 6.54 Å². The van der Waals surface area contributed by atoms with Gasteiger partial charge in [0.15, 0.2) is 5.76 Å². The van der Waals surface area contributed by atoms with Gasteiger partial charge in [0.2, 0.25) is 0 Å². The van der Waals surface area contributed by atoms with Crippen LogP contribution in [0.2, 0.25) is 0 Å². The van der Waals surface area contributed by atoms with Crippen LogP contribution >= 0.6 is 0 Å². The van der Waals surface area contributed by atoms with Gasteiger partial charge in [-0.2, -0.15) is 0 Å². The van der Waals surface area contributed by atoms with E-state index in [1.54, 1.807) is 35.0 Å². The zero-order valence-electron chi connectivity index (χ0n) is 13.6. The highest BCUT2D eigenvalue weighted by molar-refractivity contribution is 5.92. The summed E-state index contributed by atoms with van der Waals surface area (Å²) >= 11 is 0. The van der Waals surface area contributed by atoms with Crippen LogP contribution in [0.25, 0.3) is 0 Å². The molecule has 1 aliphatic rings. The summed E-state index contributed by atoms with van der Waals surface area (Å²) in [5, 5.41) is 0. The largest absolute Gasteiger partial charge is 0.454 e. The van der Waals surface area contributed by atoms with E-state index in [2.05, 4.69) is 13.8 Å². The molecule has 5 heteroatoms. The van der Waals surface area contributed by atoms with Crippen LogP contribution in [0.1, 0.15) is 49.4 Å². The molecule has 5 nitrogen and oxygen atoms in total. The number of pyridine rings is 1. The zero-order chi connectivity index (χ0) is 16.4. The Balaban J connectivity index is 1.78. The van der Waals surface area contributed by atoms with Gasteiger partial charge in [0, 0.05) is 24.3 Å². The van der Waals surface area contributed by atoms with Gasteiger partial charge < -0.3 is 13.9 Å². The first-order chi connectivity index (χ1) is 11.1. The number of hydrogen-bond donors (Lipinski definition) is 0. The third-order valence-corrected chi connectivity index (χ3v) is 4.59. The van der Waals surface area contributed by atoms with Crippen molar-refractivity contribution in [3.8, 4) is 0 Å². The van der Waals surface area contributed by atoms with Crippen molar-refractivity contribution in [1.29, 1.82) is 0 Å². The van der Waals surface area contributed by atoms with Gasteiger partial charge in [0.25, 0.3) is 11.5 Å². The number of likely N-dealkylation sites (tertiary alicyclic amines) is 1. The number of carbonyl (C=O) groups excluding carboxylic acids is 1. The van der Waals surface area contributed by atoms with E-state index in [-0.39, 0.29) is 17.5 Å². The van der Waals surface area contributed by atoms with Crippen molar-refractivity contribution >= 4 is 5.91 Å². The van der Waals surface area contributed by atoms with Crippen molar-refractivity contribution in [3.05, 3.63) is 58.4 Å². The van der Waals surface area contributed by atoms with Gasteiger partial charge in [-0.1, -0.05) is 13.0 Å². The van der Waals surface area contributed by atoms with Crippen molar-refractivity contribution in [2.45, 2.75) is 51.7 Å². The van der Waals surface area contributed by atoms with Gasteiger partial charge in [-0.25, -0.2) is 0 Å². The van der Waals surface area contributed by atoms with Gasteiger partial charge >= 0.3 is 0 Å². The van der Waals surface area contributed by atoms with E-state index >= 15 is 0 Å². The molecule has 23 heavy (non-hydrogen) atoms. The van der Waals surface area contributed by atoms with Crippen LogP contribution in [0.15, 0.2) is 45.7 Å². The summed E-state index contributed by atoms with van der Waals surface area (Å²) in [6.07, 6.45) is 4.76. The third kappa shape index (κ3) is 3.09. The molecule has 0 N–H and O–H groups in total. The molecule has 1 aliphatic heterocycles. The smallest absolute Gasteiger partial charge is 0.290 e. The van der Waals surface area contributed by atoms with Crippen LogP contribution in [0.3, 0.4) is 0 Å². The lowest BCUT2D eigenvalue weighted by Gasteiger charge is -2.26. The highest BCUT2D eigenvalue weighted by Gasteiger charge is 2.34. The van der Waals surface area contributed by atoms with Crippen LogP contribution in [-0.2, 0) is 6.54 Å². The van der Waals surface area contributed by atoms with Gasteiger partial charge in [-0.05, 0) is 44.4 Å². The van der Waals surface area contributed by atoms with E-state index in [0.717, 1.165) is 19.3 Å². The highest BCUT2D eigenvalue weighted by atomic mass is 16.4. The number of furan rings is 1. The van der Waals surface area contributed by atoms with Crippen LogP contribution in [-0.4, -0.2) is 27.5 Å². The second-order valence-electron chi connectivity index (χ2n) is 6.13. The minimum atomic E-state index is -0.0870. The van der Waals surface area contributed by atoms with Crippen LogP contribution < -0.4 is 5.56 Å². The van der Waals surface area contributed by atoms with Crippen molar-refractivity contribution < 1.29 is 9.21 Å². The normalized spacial score (nSPS) is 20.9. The van der Waals surface area contributed by atoms with Crippen molar-refractivity contribution in [2.24, 2.45) is 0 Å². The molecule has 1 fully saturated rings. The maximum atomic E-state index is 12.7. The Morgan fingerprint density at radius 2 is 2.09 bits per heavy atom. The van der Waals surface area contributed by atoms with E-state index in [1.807, 2.05) is 4.90 Å². The van der Waals surface area contributed by atoms with Gasteiger partial charge in [-0.3, -0.25) is 9.59 Å². The predicted octanol–water partition coefficient (Wildman–Crippen LogP) is 2.89. The molecule has 0 spiro atoms. The van der Waals surface area contributed by atoms with Crippen LogP contribution in [0, 0.1) is 0 Å². The van der Waals surface area contributed by atoms with E-state index in [9.17, 15) is 9.59 Å². The summed E-state index contributed by atoms with van der Waals surface area (Å²) in [6, 6.07) is 9.04. The molecule has 0 unspecified atom stereocenters. The van der Waals surface area contributed by atoms with Crippen molar-refractivity contribution in [1.82, 2.24) is 9.47 Å². The van der Waals surface area contributed by atoms with Gasteiger partial charge in [-0.15, -0.1) is 0 Å². The Kier molecular flexibility index (Phi) is 4.37. The molecule has 3 heterocycles. The number of nitrogens with zero attached hydrogens (tertiary/aromatic N) is 2. The molecule has 2 atom stereocenters. The molecule has 1 saturated heterocycles.